The first kappa shape index (κ1) is 12.9. The summed E-state index contributed by atoms with van der Waals surface area (Å²) in [6.07, 6.45) is 10.3. The Balaban J connectivity index is 1.64. The van der Waals surface area contributed by atoms with E-state index in [9.17, 15) is 0 Å². The van der Waals surface area contributed by atoms with Crippen LogP contribution in [0, 0.1) is 0 Å². The lowest BCUT2D eigenvalue weighted by atomic mass is 10.1. The number of fused-ring (bicyclic) bond motifs is 1. The third-order valence-electron chi connectivity index (χ3n) is 3.89. The van der Waals surface area contributed by atoms with Crippen LogP contribution in [0.2, 0.25) is 0 Å². The van der Waals surface area contributed by atoms with Crippen molar-refractivity contribution in [3.63, 3.8) is 0 Å². The molecule has 1 N–H and O–H groups in total. The SMILES string of the molecule is ClC1CCCCCC1NCc1cn2ccccc2n1. The molecule has 0 radical (unpaired) electrons. The molecule has 2 aromatic rings. The molecule has 0 amide bonds. The van der Waals surface area contributed by atoms with Crippen molar-refractivity contribution in [3.8, 4) is 0 Å². The van der Waals surface area contributed by atoms with Gasteiger partial charge in [0.15, 0.2) is 0 Å². The van der Waals surface area contributed by atoms with Crippen LogP contribution >= 0.6 is 11.6 Å². The topological polar surface area (TPSA) is 29.3 Å². The van der Waals surface area contributed by atoms with Gasteiger partial charge in [-0.15, -0.1) is 11.6 Å². The molecule has 3 rings (SSSR count). The number of pyridine rings is 1. The fraction of sp³-hybridized carbons (Fsp3) is 0.533. The first-order valence-electron chi connectivity index (χ1n) is 7.13. The summed E-state index contributed by atoms with van der Waals surface area (Å²) >= 11 is 6.44. The molecule has 19 heavy (non-hydrogen) atoms. The predicted molar refractivity (Wildman–Crippen MR) is 78.5 cm³/mol. The van der Waals surface area contributed by atoms with Gasteiger partial charge in [0, 0.05) is 30.4 Å². The van der Waals surface area contributed by atoms with Gasteiger partial charge in [0.2, 0.25) is 0 Å². The maximum Gasteiger partial charge on any atom is 0.137 e. The van der Waals surface area contributed by atoms with Crippen molar-refractivity contribution in [1.82, 2.24) is 14.7 Å². The monoisotopic (exact) mass is 277 g/mol. The summed E-state index contributed by atoms with van der Waals surface area (Å²) in [7, 11) is 0. The quantitative estimate of drug-likeness (QED) is 0.689. The Morgan fingerprint density at radius 1 is 1.26 bits per heavy atom. The fourth-order valence-electron chi connectivity index (χ4n) is 2.80. The van der Waals surface area contributed by atoms with Crippen molar-refractivity contribution >= 4 is 17.2 Å². The van der Waals surface area contributed by atoms with E-state index in [-0.39, 0.29) is 5.38 Å². The number of hydrogen-bond donors (Lipinski definition) is 1. The number of hydrogen-bond acceptors (Lipinski definition) is 2. The van der Waals surface area contributed by atoms with E-state index in [4.69, 9.17) is 11.6 Å². The fourth-order valence-corrected chi connectivity index (χ4v) is 3.17. The van der Waals surface area contributed by atoms with Crippen LogP contribution in [-0.2, 0) is 6.54 Å². The zero-order chi connectivity index (χ0) is 13.1. The molecule has 1 aliphatic rings. The summed E-state index contributed by atoms with van der Waals surface area (Å²) in [5.41, 5.74) is 2.09. The second kappa shape index (κ2) is 5.93. The highest BCUT2D eigenvalue weighted by molar-refractivity contribution is 6.21. The van der Waals surface area contributed by atoms with Gasteiger partial charge in [-0.25, -0.2) is 4.98 Å². The highest BCUT2D eigenvalue weighted by Crippen LogP contribution is 2.22. The Labute approximate surface area is 119 Å². The second-order valence-corrected chi connectivity index (χ2v) is 5.90. The molecule has 1 fully saturated rings. The Hall–Kier alpha value is -1.06. The summed E-state index contributed by atoms with van der Waals surface area (Å²) in [4.78, 5) is 4.60. The van der Waals surface area contributed by atoms with Gasteiger partial charge < -0.3 is 9.72 Å². The predicted octanol–water partition coefficient (Wildman–Crippen LogP) is 3.36. The van der Waals surface area contributed by atoms with E-state index < -0.39 is 0 Å². The van der Waals surface area contributed by atoms with Crippen LogP contribution in [0.25, 0.3) is 5.65 Å². The lowest BCUT2D eigenvalue weighted by Crippen LogP contribution is -2.35. The first-order valence-corrected chi connectivity index (χ1v) is 7.56. The van der Waals surface area contributed by atoms with E-state index in [1.807, 2.05) is 24.4 Å². The van der Waals surface area contributed by atoms with Crippen LogP contribution in [0.15, 0.2) is 30.6 Å². The lowest BCUT2D eigenvalue weighted by Gasteiger charge is -2.20. The molecule has 2 aromatic heterocycles. The number of aromatic nitrogens is 2. The standard InChI is InChI=1S/C15H20ClN3/c16-13-6-2-1-3-7-14(13)17-10-12-11-19-9-5-4-8-15(19)18-12/h4-5,8-9,11,13-14,17H,1-3,6-7,10H2. The molecule has 0 bridgehead atoms. The third kappa shape index (κ3) is 3.10. The van der Waals surface area contributed by atoms with Gasteiger partial charge in [0.1, 0.15) is 5.65 Å². The van der Waals surface area contributed by atoms with Crippen molar-refractivity contribution < 1.29 is 0 Å². The van der Waals surface area contributed by atoms with E-state index in [1.165, 1.54) is 25.7 Å². The molecule has 0 aromatic carbocycles. The van der Waals surface area contributed by atoms with Crippen molar-refractivity contribution in [2.45, 2.75) is 50.1 Å². The maximum absolute atomic E-state index is 6.44. The van der Waals surface area contributed by atoms with Gasteiger partial charge in [0.05, 0.1) is 5.69 Å². The molecule has 2 unspecified atom stereocenters. The van der Waals surface area contributed by atoms with Crippen molar-refractivity contribution in [1.29, 1.82) is 0 Å². The molecule has 0 aliphatic heterocycles. The minimum atomic E-state index is 0.263. The van der Waals surface area contributed by atoms with Crippen LogP contribution in [-0.4, -0.2) is 20.8 Å². The minimum Gasteiger partial charge on any atom is -0.307 e. The summed E-state index contributed by atoms with van der Waals surface area (Å²) in [6.45, 7) is 0.801. The van der Waals surface area contributed by atoms with Gasteiger partial charge in [0.25, 0.3) is 0 Å². The Morgan fingerprint density at radius 2 is 2.16 bits per heavy atom. The van der Waals surface area contributed by atoms with Crippen molar-refractivity contribution in [2.75, 3.05) is 0 Å². The van der Waals surface area contributed by atoms with E-state index in [1.54, 1.807) is 0 Å². The molecule has 4 heteroatoms. The van der Waals surface area contributed by atoms with Crippen LogP contribution in [0.4, 0.5) is 0 Å². The minimum absolute atomic E-state index is 0.263. The van der Waals surface area contributed by atoms with E-state index >= 15 is 0 Å². The molecular weight excluding hydrogens is 258 g/mol. The number of nitrogens with one attached hydrogen (secondary N) is 1. The lowest BCUT2D eigenvalue weighted by molar-refractivity contribution is 0.462. The Kier molecular flexibility index (Phi) is 4.04. The van der Waals surface area contributed by atoms with Crippen LogP contribution < -0.4 is 5.32 Å². The van der Waals surface area contributed by atoms with Gasteiger partial charge >= 0.3 is 0 Å². The zero-order valence-electron chi connectivity index (χ0n) is 11.1. The van der Waals surface area contributed by atoms with E-state index in [0.717, 1.165) is 24.3 Å². The molecule has 0 spiro atoms. The molecule has 3 nitrogen and oxygen atoms in total. The molecular formula is C15H20ClN3. The summed E-state index contributed by atoms with van der Waals surface area (Å²) in [5.74, 6) is 0. The molecule has 1 aliphatic carbocycles. The largest absolute Gasteiger partial charge is 0.307 e. The van der Waals surface area contributed by atoms with Crippen LogP contribution in [0.5, 0.6) is 0 Å². The number of alkyl halides is 1. The van der Waals surface area contributed by atoms with E-state index in [2.05, 4.69) is 20.9 Å². The smallest absolute Gasteiger partial charge is 0.137 e. The number of halogens is 1. The second-order valence-electron chi connectivity index (χ2n) is 5.34. The maximum atomic E-state index is 6.44. The zero-order valence-corrected chi connectivity index (χ0v) is 11.8. The Bertz CT molecular complexity index is 504. The molecule has 1 saturated carbocycles. The molecule has 2 heterocycles. The third-order valence-corrected chi connectivity index (χ3v) is 4.41. The van der Waals surface area contributed by atoms with Gasteiger partial charge in [-0.2, -0.15) is 0 Å². The molecule has 2 atom stereocenters. The highest BCUT2D eigenvalue weighted by Gasteiger charge is 2.21. The van der Waals surface area contributed by atoms with Crippen molar-refractivity contribution in [2.24, 2.45) is 0 Å². The first-order chi connectivity index (χ1) is 9.33. The van der Waals surface area contributed by atoms with Gasteiger partial charge in [-0.1, -0.05) is 25.3 Å². The Morgan fingerprint density at radius 3 is 3.05 bits per heavy atom. The van der Waals surface area contributed by atoms with Crippen LogP contribution in [0.1, 0.15) is 37.8 Å². The molecule has 102 valence electrons. The number of imidazole rings is 1. The average Bonchev–Trinajstić information content (AvgIpc) is 2.73. The number of nitrogens with zero attached hydrogens (tertiary/aromatic N) is 2. The number of rotatable bonds is 3. The van der Waals surface area contributed by atoms with Crippen molar-refractivity contribution in [3.05, 3.63) is 36.3 Å². The summed E-state index contributed by atoms with van der Waals surface area (Å²) in [6, 6.07) is 6.49. The van der Waals surface area contributed by atoms with Gasteiger partial charge in [-0.05, 0) is 25.0 Å². The molecule has 0 saturated heterocycles. The normalized spacial score (nSPS) is 24.5. The summed E-state index contributed by atoms with van der Waals surface area (Å²) < 4.78 is 2.06. The van der Waals surface area contributed by atoms with E-state index in [0.29, 0.717) is 6.04 Å². The van der Waals surface area contributed by atoms with Gasteiger partial charge in [-0.3, -0.25) is 0 Å². The summed E-state index contributed by atoms with van der Waals surface area (Å²) in [5, 5.41) is 3.84. The van der Waals surface area contributed by atoms with Crippen LogP contribution in [0.3, 0.4) is 0 Å². The average molecular weight is 278 g/mol. The highest BCUT2D eigenvalue weighted by atomic mass is 35.5.